The topological polar surface area (TPSA) is 62.6 Å². The van der Waals surface area contributed by atoms with E-state index in [4.69, 9.17) is 0 Å². The molecular weight excluding hydrogens is 299 g/mol. The second-order valence-corrected chi connectivity index (χ2v) is 5.14. The van der Waals surface area contributed by atoms with Gasteiger partial charge in [0, 0.05) is 5.56 Å². The molecule has 8 heteroatoms. The summed E-state index contributed by atoms with van der Waals surface area (Å²) in [6, 6.07) is 6.63. The average molecular weight is 318 g/mol. The number of halogens is 3. The standard InChI is InChI=1S/C14H18F3N3O2/c1-10-3-5-11(6-4-10)7-20(2)8-12(21)19-13(22)18-9-14(15,16)17/h3-6H,7-9H2,1-2H3,(H2,18,19,21,22)/p+1. The lowest BCUT2D eigenvalue weighted by Gasteiger charge is -2.14. The molecule has 3 amide bonds. The summed E-state index contributed by atoms with van der Waals surface area (Å²) in [7, 11) is 1.76. The number of nitrogens with one attached hydrogen (secondary N) is 3. The summed E-state index contributed by atoms with van der Waals surface area (Å²) < 4.78 is 35.7. The SMILES string of the molecule is Cc1ccc(C[NH+](C)CC(=O)NC(=O)NCC(F)(F)F)cc1. The molecule has 0 aliphatic heterocycles. The van der Waals surface area contributed by atoms with Gasteiger partial charge in [-0.25, -0.2) is 4.79 Å². The molecule has 5 nitrogen and oxygen atoms in total. The van der Waals surface area contributed by atoms with Gasteiger partial charge in [-0.2, -0.15) is 13.2 Å². The van der Waals surface area contributed by atoms with Crippen LogP contribution in [0.2, 0.25) is 0 Å². The van der Waals surface area contributed by atoms with E-state index < -0.39 is 24.7 Å². The molecule has 1 rings (SSSR count). The maximum absolute atomic E-state index is 11.9. The number of hydrogen-bond donors (Lipinski definition) is 3. The van der Waals surface area contributed by atoms with Gasteiger partial charge in [-0.05, 0) is 6.92 Å². The molecule has 0 bridgehead atoms. The zero-order valence-corrected chi connectivity index (χ0v) is 12.4. The number of amides is 3. The number of quaternary nitrogens is 1. The summed E-state index contributed by atoms with van der Waals surface area (Å²) in [5.74, 6) is -0.635. The van der Waals surface area contributed by atoms with Crippen molar-refractivity contribution < 1.29 is 27.7 Å². The van der Waals surface area contributed by atoms with Crippen LogP contribution in [0.1, 0.15) is 11.1 Å². The van der Waals surface area contributed by atoms with Crippen molar-refractivity contribution in [2.75, 3.05) is 20.1 Å². The van der Waals surface area contributed by atoms with E-state index in [-0.39, 0.29) is 6.54 Å². The Morgan fingerprint density at radius 1 is 1.18 bits per heavy atom. The van der Waals surface area contributed by atoms with Gasteiger partial charge in [0.1, 0.15) is 13.1 Å². The van der Waals surface area contributed by atoms with Gasteiger partial charge in [0.15, 0.2) is 6.54 Å². The summed E-state index contributed by atoms with van der Waals surface area (Å²) in [5, 5.41) is 3.45. The number of likely N-dealkylation sites (N-methyl/N-ethyl adjacent to an activating group) is 1. The van der Waals surface area contributed by atoms with Crippen LogP contribution < -0.4 is 15.5 Å². The number of carbonyl (C=O) groups excluding carboxylic acids is 2. The minimum atomic E-state index is -4.51. The van der Waals surface area contributed by atoms with Crippen molar-refractivity contribution in [3.63, 3.8) is 0 Å². The van der Waals surface area contributed by atoms with E-state index in [0.29, 0.717) is 6.54 Å². The minimum Gasteiger partial charge on any atom is -0.329 e. The predicted molar refractivity (Wildman–Crippen MR) is 74.2 cm³/mol. The van der Waals surface area contributed by atoms with Crippen LogP contribution in [0.15, 0.2) is 24.3 Å². The minimum absolute atomic E-state index is 0.0205. The highest BCUT2D eigenvalue weighted by Crippen LogP contribution is 2.11. The molecule has 1 unspecified atom stereocenters. The van der Waals surface area contributed by atoms with Crippen molar-refractivity contribution in [2.24, 2.45) is 0 Å². The first-order valence-electron chi connectivity index (χ1n) is 6.67. The van der Waals surface area contributed by atoms with Crippen LogP contribution in [0.5, 0.6) is 0 Å². The summed E-state index contributed by atoms with van der Waals surface area (Å²) in [6.07, 6.45) is -4.51. The van der Waals surface area contributed by atoms with Gasteiger partial charge in [-0.3, -0.25) is 10.1 Å². The zero-order chi connectivity index (χ0) is 16.8. The monoisotopic (exact) mass is 318 g/mol. The van der Waals surface area contributed by atoms with E-state index in [1.807, 2.05) is 36.5 Å². The van der Waals surface area contributed by atoms with Crippen LogP contribution in [0.3, 0.4) is 0 Å². The third-order valence-electron chi connectivity index (χ3n) is 2.79. The first kappa shape index (κ1) is 18.0. The Morgan fingerprint density at radius 2 is 1.77 bits per heavy atom. The Hall–Kier alpha value is -2.09. The fourth-order valence-electron chi connectivity index (χ4n) is 1.79. The molecular formula is C14H19F3N3O2+. The van der Waals surface area contributed by atoms with E-state index in [0.717, 1.165) is 16.0 Å². The number of urea groups is 1. The lowest BCUT2D eigenvalue weighted by Crippen LogP contribution is -3.09. The normalized spacial score (nSPS) is 12.6. The summed E-state index contributed by atoms with van der Waals surface area (Å²) >= 11 is 0. The lowest BCUT2D eigenvalue weighted by molar-refractivity contribution is -0.885. The van der Waals surface area contributed by atoms with E-state index in [9.17, 15) is 22.8 Å². The summed E-state index contributed by atoms with van der Waals surface area (Å²) in [4.78, 5) is 23.5. The van der Waals surface area contributed by atoms with Gasteiger partial charge in [0.05, 0.1) is 7.05 Å². The number of rotatable bonds is 5. The first-order chi connectivity index (χ1) is 10.2. The highest BCUT2D eigenvalue weighted by atomic mass is 19.4. The number of carbonyl (C=O) groups is 2. The van der Waals surface area contributed by atoms with Crippen molar-refractivity contribution in [1.82, 2.24) is 10.6 Å². The Balaban J connectivity index is 2.34. The van der Waals surface area contributed by atoms with Crippen LogP contribution in [0, 0.1) is 6.92 Å². The molecule has 0 heterocycles. The smallest absolute Gasteiger partial charge is 0.329 e. The highest BCUT2D eigenvalue weighted by molar-refractivity contribution is 5.94. The molecule has 3 N–H and O–H groups in total. The number of benzene rings is 1. The molecule has 0 saturated carbocycles. The summed E-state index contributed by atoms with van der Waals surface area (Å²) in [6.45, 7) is 1.04. The van der Waals surface area contributed by atoms with Gasteiger partial charge in [-0.1, -0.05) is 29.8 Å². The first-order valence-corrected chi connectivity index (χ1v) is 6.67. The highest BCUT2D eigenvalue weighted by Gasteiger charge is 2.28. The fraction of sp³-hybridized carbons (Fsp3) is 0.429. The van der Waals surface area contributed by atoms with Crippen molar-refractivity contribution in [3.8, 4) is 0 Å². The van der Waals surface area contributed by atoms with E-state index in [1.54, 1.807) is 12.4 Å². The number of imide groups is 1. The molecule has 122 valence electrons. The Morgan fingerprint density at radius 3 is 2.32 bits per heavy atom. The Bertz CT molecular complexity index is 515. The lowest BCUT2D eigenvalue weighted by atomic mass is 10.1. The van der Waals surface area contributed by atoms with Crippen LogP contribution in [-0.4, -0.2) is 38.3 Å². The molecule has 0 radical (unpaired) electrons. The zero-order valence-electron chi connectivity index (χ0n) is 12.4. The van der Waals surface area contributed by atoms with Gasteiger partial charge in [0.2, 0.25) is 0 Å². The van der Waals surface area contributed by atoms with Crippen LogP contribution in [0.25, 0.3) is 0 Å². The van der Waals surface area contributed by atoms with Crippen LogP contribution in [0.4, 0.5) is 18.0 Å². The van der Waals surface area contributed by atoms with E-state index >= 15 is 0 Å². The van der Waals surface area contributed by atoms with Crippen molar-refractivity contribution >= 4 is 11.9 Å². The van der Waals surface area contributed by atoms with Gasteiger partial charge in [0.25, 0.3) is 5.91 Å². The molecule has 1 atom stereocenters. The quantitative estimate of drug-likeness (QED) is 0.736. The molecule has 0 fully saturated rings. The predicted octanol–water partition coefficient (Wildman–Crippen LogP) is 0.398. The fourth-order valence-corrected chi connectivity index (χ4v) is 1.79. The van der Waals surface area contributed by atoms with Crippen LogP contribution >= 0.6 is 0 Å². The van der Waals surface area contributed by atoms with Gasteiger partial charge < -0.3 is 10.2 Å². The Labute approximate surface area is 126 Å². The second kappa shape index (κ2) is 7.79. The molecule has 0 aromatic heterocycles. The molecule has 0 aliphatic rings. The number of aryl methyl sites for hydroxylation is 1. The molecule has 0 saturated heterocycles. The third-order valence-corrected chi connectivity index (χ3v) is 2.79. The maximum Gasteiger partial charge on any atom is 0.405 e. The van der Waals surface area contributed by atoms with Gasteiger partial charge >= 0.3 is 12.2 Å². The van der Waals surface area contributed by atoms with E-state index in [2.05, 4.69) is 0 Å². The number of alkyl halides is 3. The molecule has 0 spiro atoms. The van der Waals surface area contributed by atoms with Crippen LogP contribution in [-0.2, 0) is 11.3 Å². The molecule has 1 aromatic carbocycles. The molecule has 22 heavy (non-hydrogen) atoms. The maximum atomic E-state index is 11.9. The molecule has 0 aliphatic carbocycles. The van der Waals surface area contributed by atoms with Gasteiger partial charge in [-0.15, -0.1) is 0 Å². The van der Waals surface area contributed by atoms with Crippen molar-refractivity contribution in [3.05, 3.63) is 35.4 Å². The second-order valence-electron chi connectivity index (χ2n) is 5.14. The molecule has 1 aromatic rings. The largest absolute Gasteiger partial charge is 0.405 e. The average Bonchev–Trinajstić information content (AvgIpc) is 2.38. The Kier molecular flexibility index (Phi) is 6.36. The third kappa shape index (κ3) is 7.63. The van der Waals surface area contributed by atoms with Crippen molar-refractivity contribution in [2.45, 2.75) is 19.6 Å². The summed E-state index contributed by atoms with van der Waals surface area (Å²) in [5.41, 5.74) is 2.15. The number of hydrogen-bond acceptors (Lipinski definition) is 2. The van der Waals surface area contributed by atoms with Crippen molar-refractivity contribution in [1.29, 1.82) is 0 Å². The van der Waals surface area contributed by atoms with E-state index in [1.165, 1.54) is 0 Å².